The van der Waals surface area contributed by atoms with Crippen molar-refractivity contribution in [2.45, 2.75) is 180 Å². The van der Waals surface area contributed by atoms with Crippen LogP contribution in [0.3, 0.4) is 0 Å². The second kappa shape index (κ2) is 41.6. The summed E-state index contributed by atoms with van der Waals surface area (Å²) in [6, 6.07) is -1.49. The van der Waals surface area contributed by atoms with Crippen LogP contribution in [-0.4, -0.2) is 60.5 Å². The highest BCUT2D eigenvalue weighted by atomic mass is 31.2. The maximum Gasteiger partial charge on any atom is 0.472 e. The van der Waals surface area contributed by atoms with Gasteiger partial charge in [-0.3, -0.25) is 18.6 Å². The zero-order valence-corrected chi connectivity index (χ0v) is 36.6. The molecule has 0 aromatic heterocycles. The Morgan fingerprint density at radius 1 is 0.579 bits per heavy atom. The van der Waals surface area contributed by atoms with Crippen molar-refractivity contribution in [3.8, 4) is 0 Å². The topological polar surface area (TPSA) is 155 Å². The number of nitrogens with two attached hydrogens (primary N) is 1. The first kappa shape index (κ1) is 54.4. The molecule has 0 saturated heterocycles. The van der Waals surface area contributed by atoms with Crippen molar-refractivity contribution in [1.29, 1.82) is 0 Å². The number of carboxylic acids is 1. The Labute approximate surface area is 346 Å². The summed E-state index contributed by atoms with van der Waals surface area (Å²) in [6.07, 6.45) is 51.1. The van der Waals surface area contributed by atoms with Crippen molar-refractivity contribution in [3.63, 3.8) is 0 Å². The van der Waals surface area contributed by atoms with Crippen LogP contribution in [-0.2, 0) is 32.7 Å². The zero-order valence-electron chi connectivity index (χ0n) is 35.7. The lowest BCUT2D eigenvalue weighted by Gasteiger charge is -2.20. The number of allylic oxidation sites excluding steroid dienone is 12. The van der Waals surface area contributed by atoms with E-state index >= 15 is 0 Å². The number of phosphoric acid groups is 1. The third-order valence-corrected chi connectivity index (χ3v) is 9.92. The summed E-state index contributed by atoms with van der Waals surface area (Å²) >= 11 is 0. The van der Waals surface area contributed by atoms with Crippen LogP contribution < -0.4 is 5.73 Å². The van der Waals surface area contributed by atoms with Crippen LogP contribution in [0.25, 0.3) is 0 Å². The van der Waals surface area contributed by atoms with E-state index in [1.54, 1.807) is 0 Å². The average Bonchev–Trinajstić information content (AvgIpc) is 3.19. The molecule has 4 N–H and O–H groups in total. The van der Waals surface area contributed by atoms with Gasteiger partial charge in [0.1, 0.15) is 12.1 Å². The smallest absolute Gasteiger partial charge is 0.472 e. The number of rotatable bonds is 41. The lowest BCUT2D eigenvalue weighted by Crippen LogP contribution is -2.34. The van der Waals surface area contributed by atoms with E-state index in [4.69, 9.17) is 29.4 Å². The van der Waals surface area contributed by atoms with Crippen LogP contribution in [0.15, 0.2) is 72.9 Å². The SMILES string of the molecule is CC/C=C\C/C=C\C/C=C\C/C=C\CCCOCC(COP(=O)(O)OCC(N)C(=O)O)OC(=O)CCCCCCCCCCC/C=C\C/C=C\CCCCCCC. The Balaban J connectivity index is 4.29. The van der Waals surface area contributed by atoms with E-state index in [1.807, 2.05) is 0 Å². The van der Waals surface area contributed by atoms with E-state index in [0.717, 1.165) is 70.6 Å². The lowest BCUT2D eigenvalue weighted by atomic mass is 10.1. The molecule has 57 heavy (non-hydrogen) atoms. The van der Waals surface area contributed by atoms with Crippen LogP contribution in [0.2, 0.25) is 0 Å². The summed E-state index contributed by atoms with van der Waals surface area (Å²) in [6.45, 7) is 3.59. The largest absolute Gasteiger partial charge is 0.480 e. The molecular weight excluding hydrogens is 741 g/mol. The molecule has 0 heterocycles. The predicted molar refractivity (Wildman–Crippen MR) is 235 cm³/mol. The molecule has 0 rings (SSSR count). The summed E-state index contributed by atoms with van der Waals surface area (Å²) < 4.78 is 33.3. The number of unbranched alkanes of at least 4 members (excludes halogenated alkanes) is 15. The van der Waals surface area contributed by atoms with Gasteiger partial charge in [-0.25, -0.2) is 4.57 Å². The molecule has 3 atom stereocenters. The number of hydrogen-bond acceptors (Lipinski definition) is 8. The van der Waals surface area contributed by atoms with Crippen LogP contribution in [0.1, 0.15) is 168 Å². The number of esters is 1. The van der Waals surface area contributed by atoms with Crippen molar-refractivity contribution in [2.75, 3.05) is 26.4 Å². The molecule has 3 unspecified atom stereocenters. The molecule has 0 spiro atoms. The Hall–Kier alpha value is -2.59. The molecule has 0 bridgehead atoms. The molecule has 0 amide bonds. The first-order valence-corrected chi connectivity index (χ1v) is 23.5. The summed E-state index contributed by atoms with van der Waals surface area (Å²) in [5.74, 6) is -1.81. The van der Waals surface area contributed by atoms with Crippen LogP contribution in [0.5, 0.6) is 0 Å². The highest BCUT2D eigenvalue weighted by Gasteiger charge is 2.27. The van der Waals surface area contributed by atoms with Crippen molar-refractivity contribution in [1.82, 2.24) is 0 Å². The maximum absolute atomic E-state index is 12.6. The zero-order chi connectivity index (χ0) is 41.9. The number of ether oxygens (including phenoxy) is 2. The van der Waals surface area contributed by atoms with E-state index < -0.39 is 45.1 Å². The quantitative estimate of drug-likeness (QED) is 0.0235. The predicted octanol–water partition coefficient (Wildman–Crippen LogP) is 12.2. The fourth-order valence-corrected chi connectivity index (χ4v) is 6.36. The molecule has 11 heteroatoms. The first-order chi connectivity index (χ1) is 27.7. The molecule has 0 radical (unpaired) electrons. The van der Waals surface area contributed by atoms with Gasteiger partial charge in [0.15, 0.2) is 0 Å². The van der Waals surface area contributed by atoms with Gasteiger partial charge in [0.2, 0.25) is 0 Å². The van der Waals surface area contributed by atoms with E-state index in [-0.39, 0.29) is 13.0 Å². The molecule has 0 fully saturated rings. The molecule has 0 aromatic carbocycles. The number of phosphoric ester groups is 1. The van der Waals surface area contributed by atoms with Crippen molar-refractivity contribution >= 4 is 19.8 Å². The number of carbonyl (C=O) groups excluding carboxylic acids is 1. The number of carboxylic acid groups (broad SMARTS) is 1. The Bertz CT molecular complexity index is 1180. The van der Waals surface area contributed by atoms with Crippen LogP contribution >= 0.6 is 7.82 Å². The van der Waals surface area contributed by atoms with Gasteiger partial charge in [-0.05, 0) is 77.0 Å². The van der Waals surface area contributed by atoms with Gasteiger partial charge < -0.3 is 25.2 Å². The fraction of sp³-hybridized carbons (Fsp3) is 0.696. The van der Waals surface area contributed by atoms with Gasteiger partial charge in [0, 0.05) is 13.0 Å². The average molecular weight is 822 g/mol. The highest BCUT2D eigenvalue weighted by Crippen LogP contribution is 2.43. The second-order valence-electron chi connectivity index (χ2n) is 14.4. The van der Waals surface area contributed by atoms with Gasteiger partial charge >= 0.3 is 19.8 Å². The Morgan fingerprint density at radius 2 is 1.02 bits per heavy atom. The molecule has 0 aliphatic heterocycles. The standard InChI is InChI=1S/C46H80NO9P/c1-3-5-7-9-11-13-15-17-19-20-21-22-23-24-25-26-28-30-32-34-36-38-45(48)56-43(41-54-57(51,52)55-42-44(47)46(49)50)40-53-39-37-35-33-31-29-27-18-16-14-12-10-8-6-4-2/h6,8,12,14-15,17-18,20-21,27,31,33,43-44H,3-5,7,9-11,13,16,19,22-26,28-30,32,34-42,47H2,1-2H3,(H,49,50)(H,51,52)/b8-6-,14-12-,17-15-,21-20-,27-18-,33-31-. The second-order valence-corrected chi connectivity index (χ2v) is 15.9. The molecule has 0 aliphatic carbocycles. The summed E-state index contributed by atoms with van der Waals surface area (Å²) in [5, 5.41) is 8.89. The minimum absolute atomic E-state index is 0.0263. The first-order valence-electron chi connectivity index (χ1n) is 22.0. The van der Waals surface area contributed by atoms with Gasteiger partial charge in [-0.2, -0.15) is 0 Å². The van der Waals surface area contributed by atoms with Crippen molar-refractivity contribution < 1.29 is 42.7 Å². The van der Waals surface area contributed by atoms with E-state index in [9.17, 15) is 19.0 Å². The number of carbonyl (C=O) groups is 2. The fourth-order valence-electron chi connectivity index (χ4n) is 5.58. The van der Waals surface area contributed by atoms with E-state index in [0.29, 0.717) is 13.0 Å². The molecule has 328 valence electrons. The van der Waals surface area contributed by atoms with E-state index in [2.05, 4.69) is 86.8 Å². The van der Waals surface area contributed by atoms with Gasteiger partial charge in [-0.15, -0.1) is 0 Å². The van der Waals surface area contributed by atoms with E-state index in [1.165, 1.54) is 70.6 Å². The highest BCUT2D eigenvalue weighted by molar-refractivity contribution is 7.47. The van der Waals surface area contributed by atoms with Crippen LogP contribution in [0, 0.1) is 0 Å². The minimum Gasteiger partial charge on any atom is -0.480 e. The maximum atomic E-state index is 12.6. The molecular formula is C46H80NO9P. The summed E-state index contributed by atoms with van der Waals surface area (Å²) in [4.78, 5) is 33.5. The van der Waals surface area contributed by atoms with Gasteiger partial charge in [0.25, 0.3) is 0 Å². The monoisotopic (exact) mass is 822 g/mol. The van der Waals surface area contributed by atoms with Gasteiger partial charge in [-0.1, -0.05) is 157 Å². The molecule has 0 aromatic rings. The third kappa shape index (κ3) is 41.4. The van der Waals surface area contributed by atoms with Gasteiger partial charge in [0.05, 0.1) is 19.8 Å². The molecule has 0 aliphatic rings. The lowest BCUT2D eigenvalue weighted by molar-refractivity contribution is -0.154. The Morgan fingerprint density at radius 3 is 1.53 bits per heavy atom. The Kier molecular flexibility index (Phi) is 39.7. The van der Waals surface area contributed by atoms with Crippen molar-refractivity contribution in [2.24, 2.45) is 5.73 Å². The third-order valence-electron chi connectivity index (χ3n) is 8.97. The molecule has 10 nitrogen and oxygen atoms in total. The summed E-state index contributed by atoms with van der Waals surface area (Å²) in [5.41, 5.74) is 5.35. The van der Waals surface area contributed by atoms with Crippen molar-refractivity contribution in [3.05, 3.63) is 72.9 Å². The number of aliphatic carboxylic acids is 1. The minimum atomic E-state index is -4.64. The number of hydrogen-bond donors (Lipinski definition) is 3. The van der Waals surface area contributed by atoms with Crippen LogP contribution in [0.4, 0.5) is 0 Å². The normalized spacial score (nSPS) is 14.6. The molecule has 0 saturated carbocycles. The summed E-state index contributed by atoms with van der Waals surface area (Å²) in [7, 11) is -4.64.